The average Bonchev–Trinajstić information content (AvgIpc) is 3.21. The van der Waals surface area contributed by atoms with Crippen molar-refractivity contribution in [2.45, 2.75) is 39.7 Å². The molecule has 36 heavy (non-hydrogen) atoms. The third-order valence-electron chi connectivity index (χ3n) is 6.06. The molecular formula is C31H34O5. The molecule has 5 heteroatoms. The van der Waals surface area contributed by atoms with Crippen LogP contribution in [0.4, 0.5) is 0 Å². The third-order valence-corrected chi connectivity index (χ3v) is 6.06. The predicted octanol–water partition coefficient (Wildman–Crippen LogP) is 6.48. The molecule has 3 aromatic rings. The minimum atomic E-state index is -0.597. The molecule has 0 radical (unpaired) electrons. The predicted molar refractivity (Wildman–Crippen MR) is 142 cm³/mol. The lowest BCUT2D eigenvalue weighted by atomic mass is 10.0. The van der Waals surface area contributed by atoms with Gasteiger partial charge in [0.05, 0.1) is 13.2 Å². The highest BCUT2D eigenvalue weighted by molar-refractivity contribution is 6.01. The Labute approximate surface area is 213 Å². The highest BCUT2D eigenvalue weighted by Crippen LogP contribution is 2.45. The molecule has 4 rings (SSSR count). The molecule has 0 spiro atoms. The second-order valence-electron chi connectivity index (χ2n) is 8.57. The fraction of sp³-hybridized carbons (Fsp3) is 0.323. The van der Waals surface area contributed by atoms with E-state index in [-0.39, 0.29) is 5.97 Å². The normalized spacial score (nSPS) is 13.7. The molecule has 1 aliphatic carbocycles. The molecule has 0 bridgehead atoms. The summed E-state index contributed by atoms with van der Waals surface area (Å²) in [6, 6.07) is 22.6. The van der Waals surface area contributed by atoms with E-state index >= 15 is 0 Å². The lowest BCUT2D eigenvalue weighted by Crippen LogP contribution is -2.28. The van der Waals surface area contributed by atoms with E-state index in [4.69, 9.17) is 18.9 Å². The van der Waals surface area contributed by atoms with Crippen molar-refractivity contribution in [3.05, 3.63) is 89.5 Å². The van der Waals surface area contributed by atoms with Crippen LogP contribution in [-0.2, 0) is 20.7 Å². The monoisotopic (exact) mass is 486 g/mol. The van der Waals surface area contributed by atoms with Crippen molar-refractivity contribution < 1.29 is 23.7 Å². The van der Waals surface area contributed by atoms with E-state index in [0.29, 0.717) is 32.8 Å². The van der Waals surface area contributed by atoms with Crippen LogP contribution in [-0.4, -0.2) is 38.5 Å². The van der Waals surface area contributed by atoms with E-state index in [1.807, 2.05) is 37.3 Å². The van der Waals surface area contributed by atoms with E-state index in [1.165, 1.54) is 22.3 Å². The number of esters is 1. The molecule has 1 aliphatic rings. The zero-order valence-electron chi connectivity index (χ0n) is 21.3. The van der Waals surface area contributed by atoms with Crippen LogP contribution < -0.4 is 9.47 Å². The quantitative estimate of drug-likeness (QED) is 0.215. The summed E-state index contributed by atoms with van der Waals surface area (Å²) in [5.41, 5.74) is 6.98. The SMILES string of the molecule is CCCOc1ccc2c(c1)C(=CCOc1ccc(CC(OCC)C(=O)OCC)cc1)c1ccccc1-2. The van der Waals surface area contributed by atoms with Crippen molar-refractivity contribution in [3.63, 3.8) is 0 Å². The number of benzene rings is 3. The first-order chi connectivity index (χ1) is 17.6. The van der Waals surface area contributed by atoms with Crippen LogP contribution in [0.15, 0.2) is 72.8 Å². The standard InChI is InChI=1S/C31H34O5/c1-4-18-35-24-15-16-27-25-9-7-8-10-26(25)28(29(27)21-24)17-19-36-23-13-11-22(12-14-23)20-30(33-5-2)31(32)34-6-3/h7-17,21,30H,4-6,18-20H2,1-3H3. The molecule has 0 fully saturated rings. The molecule has 0 saturated heterocycles. The largest absolute Gasteiger partial charge is 0.494 e. The van der Waals surface area contributed by atoms with Crippen molar-refractivity contribution in [2.75, 3.05) is 26.4 Å². The topological polar surface area (TPSA) is 54.0 Å². The Kier molecular flexibility index (Phi) is 8.80. The van der Waals surface area contributed by atoms with Gasteiger partial charge in [0.25, 0.3) is 0 Å². The fourth-order valence-corrected chi connectivity index (χ4v) is 4.41. The van der Waals surface area contributed by atoms with Crippen LogP contribution in [0.2, 0.25) is 0 Å². The van der Waals surface area contributed by atoms with Gasteiger partial charge in [-0.3, -0.25) is 0 Å². The lowest BCUT2D eigenvalue weighted by Gasteiger charge is -2.15. The molecule has 0 amide bonds. The van der Waals surface area contributed by atoms with Crippen LogP contribution >= 0.6 is 0 Å². The first-order valence-corrected chi connectivity index (χ1v) is 12.7. The van der Waals surface area contributed by atoms with Gasteiger partial charge >= 0.3 is 5.97 Å². The Balaban J connectivity index is 1.45. The van der Waals surface area contributed by atoms with E-state index < -0.39 is 6.10 Å². The van der Waals surface area contributed by atoms with E-state index in [9.17, 15) is 4.79 Å². The van der Waals surface area contributed by atoms with Gasteiger partial charge in [0.1, 0.15) is 18.1 Å². The summed E-state index contributed by atoms with van der Waals surface area (Å²) in [6.07, 6.45) is 2.98. The van der Waals surface area contributed by atoms with Crippen molar-refractivity contribution >= 4 is 11.5 Å². The number of hydrogen-bond acceptors (Lipinski definition) is 5. The van der Waals surface area contributed by atoms with Gasteiger partial charge in [-0.1, -0.05) is 49.4 Å². The molecule has 1 atom stereocenters. The minimum absolute atomic E-state index is 0.327. The molecule has 0 saturated carbocycles. The van der Waals surface area contributed by atoms with Crippen LogP contribution in [0.5, 0.6) is 11.5 Å². The van der Waals surface area contributed by atoms with Gasteiger partial charge < -0.3 is 18.9 Å². The summed E-state index contributed by atoms with van der Waals surface area (Å²) in [4.78, 5) is 12.1. The zero-order chi connectivity index (χ0) is 25.3. The van der Waals surface area contributed by atoms with Gasteiger partial charge in [-0.05, 0) is 84.0 Å². The van der Waals surface area contributed by atoms with Crippen molar-refractivity contribution in [1.29, 1.82) is 0 Å². The third kappa shape index (κ3) is 5.97. The smallest absolute Gasteiger partial charge is 0.335 e. The van der Waals surface area contributed by atoms with Gasteiger partial charge in [0.2, 0.25) is 0 Å². The van der Waals surface area contributed by atoms with Gasteiger partial charge in [-0.2, -0.15) is 0 Å². The second-order valence-corrected chi connectivity index (χ2v) is 8.57. The van der Waals surface area contributed by atoms with Crippen molar-refractivity contribution in [2.24, 2.45) is 0 Å². The summed E-state index contributed by atoms with van der Waals surface area (Å²) in [6.45, 7) is 7.71. The summed E-state index contributed by atoms with van der Waals surface area (Å²) >= 11 is 0. The van der Waals surface area contributed by atoms with Gasteiger partial charge in [-0.25, -0.2) is 4.79 Å². The molecule has 0 heterocycles. The Morgan fingerprint density at radius 1 is 0.806 bits per heavy atom. The van der Waals surface area contributed by atoms with E-state index in [2.05, 4.69) is 49.4 Å². The highest BCUT2D eigenvalue weighted by atomic mass is 16.6. The maximum atomic E-state index is 12.1. The van der Waals surface area contributed by atoms with Crippen LogP contribution in [0.3, 0.4) is 0 Å². The first-order valence-electron chi connectivity index (χ1n) is 12.7. The molecule has 0 aromatic heterocycles. The minimum Gasteiger partial charge on any atom is -0.494 e. The fourth-order valence-electron chi connectivity index (χ4n) is 4.41. The Morgan fingerprint density at radius 2 is 1.53 bits per heavy atom. The van der Waals surface area contributed by atoms with Crippen molar-refractivity contribution in [3.8, 4) is 22.6 Å². The summed E-state index contributed by atoms with van der Waals surface area (Å²) < 4.78 is 22.6. The number of fused-ring (bicyclic) bond motifs is 3. The van der Waals surface area contributed by atoms with Gasteiger partial charge in [0.15, 0.2) is 6.10 Å². The molecule has 1 unspecified atom stereocenters. The van der Waals surface area contributed by atoms with Gasteiger partial charge in [0, 0.05) is 13.0 Å². The van der Waals surface area contributed by atoms with Crippen LogP contribution in [0.1, 0.15) is 43.9 Å². The summed E-state index contributed by atoms with van der Waals surface area (Å²) in [5.74, 6) is 1.33. The van der Waals surface area contributed by atoms with E-state index in [0.717, 1.165) is 29.1 Å². The number of ether oxygens (including phenoxy) is 4. The second kappa shape index (κ2) is 12.4. The number of rotatable bonds is 12. The number of hydrogen-bond donors (Lipinski definition) is 0. The zero-order valence-corrected chi connectivity index (χ0v) is 21.3. The molecule has 0 aliphatic heterocycles. The molecule has 188 valence electrons. The molecule has 3 aromatic carbocycles. The lowest BCUT2D eigenvalue weighted by molar-refractivity contribution is -0.156. The summed E-state index contributed by atoms with van der Waals surface area (Å²) in [7, 11) is 0. The van der Waals surface area contributed by atoms with E-state index in [1.54, 1.807) is 6.92 Å². The average molecular weight is 487 g/mol. The Morgan fingerprint density at radius 3 is 2.25 bits per heavy atom. The van der Waals surface area contributed by atoms with Crippen LogP contribution in [0.25, 0.3) is 16.7 Å². The highest BCUT2D eigenvalue weighted by Gasteiger charge is 2.23. The molecule has 5 nitrogen and oxygen atoms in total. The first kappa shape index (κ1) is 25.5. The number of carbonyl (C=O) groups excluding carboxylic acids is 1. The number of carbonyl (C=O) groups is 1. The maximum absolute atomic E-state index is 12.1. The Hall–Kier alpha value is -3.57. The molecule has 0 N–H and O–H groups in total. The summed E-state index contributed by atoms with van der Waals surface area (Å²) in [5, 5.41) is 0. The maximum Gasteiger partial charge on any atom is 0.335 e. The van der Waals surface area contributed by atoms with Gasteiger partial charge in [-0.15, -0.1) is 0 Å². The van der Waals surface area contributed by atoms with Crippen molar-refractivity contribution in [1.82, 2.24) is 0 Å². The van der Waals surface area contributed by atoms with Crippen LogP contribution in [0, 0.1) is 0 Å². The Bertz CT molecular complexity index is 1200. The molecular weight excluding hydrogens is 452 g/mol.